The number of likely N-dealkylation sites (N-methyl/N-ethyl adjacent to an activating group) is 1. The molecule has 1 aromatic rings. The van der Waals surface area contributed by atoms with Crippen molar-refractivity contribution in [3.63, 3.8) is 0 Å². The lowest BCUT2D eigenvalue weighted by Gasteiger charge is -2.31. The van der Waals surface area contributed by atoms with E-state index in [0.717, 1.165) is 19.0 Å². The van der Waals surface area contributed by atoms with Crippen molar-refractivity contribution >= 4 is 0 Å². The van der Waals surface area contributed by atoms with Crippen molar-refractivity contribution in [1.82, 2.24) is 15.1 Å². The molecule has 0 aromatic carbocycles. The minimum absolute atomic E-state index is 0.586. The standard InChI is InChI=1S/C16H29N3/c1-5-17-16(15-9-7-6-8-10-15)11-19-14(4)12(2)13(3)18-19/h15-17H,5-11H2,1-4H3. The summed E-state index contributed by atoms with van der Waals surface area (Å²) in [6, 6.07) is 0.586. The first-order chi connectivity index (χ1) is 9.13. The van der Waals surface area contributed by atoms with E-state index >= 15 is 0 Å². The zero-order chi connectivity index (χ0) is 13.8. The third-order valence-electron chi connectivity index (χ3n) is 4.80. The predicted octanol–water partition coefficient (Wildman–Crippen LogP) is 3.37. The molecule has 1 fully saturated rings. The van der Waals surface area contributed by atoms with Crippen LogP contribution >= 0.6 is 0 Å². The molecule has 3 nitrogen and oxygen atoms in total. The zero-order valence-corrected chi connectivity index (χ0v) is 13.0. The van der Waals surface area contributed by atoms with E-state index < -0.39 is 0 Å². The van der Waals surface area contributed by atoms with Gasteiger partial charge in [-0.2, -0.15) is 5.10 Å². The Bertz CT molecular complexity index is 402. The molecule has 1 aromatic heterocycles. The number of aryl methyl sites for hydroxylation is 1. The van der Waals surface area contributed by atoms with Gasteiger partial charge in [0.05, 0.1) is 12.2 Å². The number of aromatic nitrogens is 2. The Labute approximate surface area is 117 Å². The van der Waals surface area contributed by atoms with E-state index in [0.29, 0.717) is 6.04 Å². The van der Waals surface area contributed by atoms with Crippen LogP contribution in [0.15, 0.2) is 0 Å². The van der Waals surface area contributed by atoms with Crippen LogP contribution in [-0.2, 0) is 6.54 Å². The third-order valence-corrected chi connectivity index (χ3v) is 4.80. The second-order valence-electron chi connectivity index (χ2n) is 6.04. The average Bonchev–Trinajstić information content (AvgIpc) is 2.67. The van der Waals surface area contributed by atoms with Gasteiger partial charge in [0.2, 0.25) is 0 Å². The third kappa shape index (κ3) is 3.38. The van der Waals surface area contributed by atoms with E-state index in [1.165, 1.54) is 49.1 Å². The molecule has 1 N–H and O–H groups in total. The molecule has 1 heterocycles. The van der Waals surface area contributed by atoms with Crippen LogP contribution in [0.1, 0.15) is 56.0 Å². The summed E-state index contributed by atoms with van der Waals surface area (Å²) in [6.45, 7) is 10.8. The largest absolute Gasteiger partial charge is 0.312 e. The minimum Gasteiger partial charge on any atom is -0.312 e. The molecule has 0 amide bonds. The number of rotatable bonds is 5. The molecular weight excluding hydrogens is 234 g/mol. The Morgan fingerprint density at radius 2 is 1.89 bits per heavy atom. The topological polar surface area (TPSA) is 29.9 Å². The molecule has 0 spiro atoms. The lowest BCUT2D eigenvalue weighted by Crippen LogP contribution is -2.41. The molecule has 0 aliphatic heterocycles. The molecular formula is C16H29N3. The van der Waals surface area contributed by atoms with Gasteiger partial charge in [0.15, 0.2) is 0 Å². The fourth-order valence-corrected chi connectivity index (χ4v) is 3.33. The van der Waals surface area contributed by atoms with E-state index in [4.69, 9.17) is 5.10 Å². The van der Waals surface area contributed by atoms with E-state index in [2.05, 4.69) is 37.7 Å². The first-order valence-electron chi connectivity index (χ1n) is 7.87. The quantitative estimate of drug-likeness (QED) is 0.882. The summed E-state index contributed by atoms with van der Waals surface area (Å²) in [5, 5.41) is 8.40. The van der Waals surface area contributed by atoms with Gasteiger partial charge in [0, 0.05) is 11.7 Å². The van der Waals surface area contributed by atoms with Crippen molar-refractivity contribution in [2.75, 3.05) is 6.54 Å². The van der Waals surface area contributed by atoms with Crippen molar-refractivity contribution in [1.29, 1.82) is 0 Å². The molecule has 1 aliphatic rings. The van der Waals surface area contributed by atoms with Gasteiger partial charge in [-0.3, -0.25) is 4.68 Å². The Hall–Kier alpha value is -0.830. The van der Waals surface area contributed by atoms with E-state index in [1.807, 2.05) is 0 Å². The summed E-state index contributed by atoms with van der Waals surface area (Å²) in [5.41, 5.74) is 3.85. The predicted molar refractivity (Wildman–Crippen MR) is 80.5 cm³/mol. The SMILES string of the molecule is CCNC(Cn1nc(C)c(C)c1C)C1CCCCC1. The van der Waals surface area contributed by atoms with Gasteiger partial charge in [-0.1, -0.05) is 26.2 Å². The molecule has 0 radical (unpaired) electrons. The van der Waals surface area contributed by atoms with E-state index in [9.17, 15) is 0 Å². The zero-order valence-electron chi connectivity index (χ0n) is 13.0. The first kappa shape index (κ1) is 14.6. The van der Waals surface area contributed by atoms with Gasteiger partial charge in [-0.15, -0.1) is 0 Å². The van der Waals surface area contributed by atoms with Crippen molar-refractivity contribution < 1.29 is 0 Å². The molecule has 0 saturated heterocycles. The summed E-state index contributed by atoms with van der Waals surface area (Å²) < 4.78 is 2.21. The van der Waals surface area contributed by atoms with E-state index in [1.54, 1.807) is 0 Å². The van der Waals surface area contributed by atoms with Crippen molar-refractivity contribution in [2.24, 2.45) is 5.92 Å². The lowest BCUT2D eigenvalue weighted by molar-refractivity contribution is 0.244. The van der Waals surface area contributed by atoms with Crippen LogP contribution in [0.25, 0.3) is 0 Å². The second kappa shape index (κ2) is 6.56. The van der Waals surface area contributed by atoms with Crippen LogP contribution in [0, 0.1) is 26.7 Å². The second-order valence-corrected chi connectivity index (χ2v) is 6.04. The molecule has 1 aliphatic carbocycles. The van der Waals surface area contributed by atoms with Crippen LogP contribution in [0.3, 0.4) is 0 Å². The van der Waals surface area contributed by atoms with Crippen molar-refractivity contribution in [3.8, 4) is 0 Å². The normalized spacial score (nSPS) is 18.7. The van der Waals surface area contributed by atoms with Crippen LogP contribution in [0.4, 0.5) is 0 Å². The van der Waals surface area contributed by atoms with Crippen LogP contribution in [0.5, 0.6) is 0 Å². The van der Waals surface area contributed by atoms with Crippen LogP contribution < -0.4 is 5.32 Å². The highest BCUT2D eigenvalue weighted by Crippen LogP contribution is 2.27. The van der Waals surface area contributed by atoms with Crippen LogP contribution in [-0.4, -0.2) is 22.4 Å². The van der Waals surface area contributed by atoms with E-state index in [-0.39, 0.29) is 0 Å². The van der Waals surface area contributed by atoms with Crippen LogP contribution in [0.2, 0.25) is 0 Å². The lowest BCUT2D eigenvalue weighted by atomic mass is 9.84. The molecule has 1 unspecified atom stereocenters. The molecule has 19 heavy (non-hydrogen) atoms. The summed E-state index contributed by atoms with van der Waals surface area (Å²) in [5.74, 6) is 0.831. The van der Waals surface area contributed by atoms with Gasteiger partial charge < -0.3 is 5.32 Å². The molecule has 108 valence electrons. The van der Waals surface area contributed by atoms with Crippen molar-refractivity contribution in [3.05, 3.63) is 17.0 Å². The number of nitrogens with one attached hydrogen (secondary N) is 1. The first-order valence-corrected chi connectivity index (χ1v) is 7.87. The molecule has 2 rings (SSSR count). The molecule has 1 atom stereocenters. The highest BCUT2D eigenvalue weighted by Gasteiger charge is 2.24. The van der Waals surface area contributed by atoms with Gasteiger partial charge in [-0.05, 0) is 51.6 Å². The Kier molecular flexibility index (Phi) is 5.03. The fraction of sp³-hybridized carbons (Fsp3) is 0.812. The van der Waals surface area contributed by atoms with Gasteiger partial charge in [-0.25, -0.2) is 0 Å². The maximum atomic E-state index is 4.70. The maximum Gasteiger partial charge on any atom is 0.0625 e. The summed E-state index contributed by atoms with van der Waals surface area (Å²) in [6.07, 6.45) is 7.01. The molecule has 0 bridgehead atoms. The minimum atomic E-state index is 0.586. The molecule has 3 heteroatoms. The highest BCUT2D eigenvalue weighted by atomic mass is 15.3. The Balaban J connectivity index is 2.08. The Morgan fingerprint density at radius 1 is 1.21 bits per heavy atom. The van der Waals surface area contributed by atoms with Crippen molar-refractivity contribution in [2.45, 2.75) is 72.4 Å². The highest BCUT2D eigenvalue weighted by molar-refractivity contribution is 5.22. The number of nitrogens with zero attached hydrogens (tertiary/aromatic N) is 2. The number of hydrogen-bond donors (Lipinski definition) is 1. The summed E-state index contributed by atoms with van der Waals surface area (Å²) in [4.78, 5) is 0. The average molecular weight is 263 g/mol. The summed E-state index contributed by atoms with van der Waals surface area (Å²) >= 11 is 0. The maximum absolute atomic E-state index is 4.70. The Morgan fingerprint density at radius 3 is 2.42 bits per heavy atom. The molecule has 1 saturated carbocycles. The summed E-state index contributed by atoms with van der Waals surface area (Å²) in [7, 11) is 0. The number of hydrogen-bond acceptors (Lipinski definition) is 2. The van der Waals surface area contributed by atoms with Gasteiger partial charge >= 0.3 is 0 Å². The smallest absolute Gasteiger partial charge is 0.0625 e. The monoisotopic (exact) mass is 263 g/mol. The fourth-order valence-electron chi connectivity index (χ4n) is 3.33. The van der Waals surface area contributed by atoms with Gasteiger partial charge in [0.25, 0.3) is 0 Å². The van der Waals surface area contributed by atoms with Gasteiger partial charge in [0.1, 0.15) is 0 Å².